The molecule has 12 heteroatoms. The Hall–Kier alpha value is -2.34. The first-order valence-electron chi connectivity index (χ1n) is 8.51. The van der Waals surface area contributed by atoms with E-state index < -0.39 is 22.2 Å². The summed E-state index contributed by atoms with van der Waals surface area (Å²) in [4.78, 5) is 15.8. The first kappa shape index (κ1) is 19.4. The number of amides is 1. The van der Waals surface area contributed by atoms with E-state index in [1.807, 2.05) is 13.8 Å². The van der Waals surface area contributed by atoms with Gasteiger partial charge in [-0.3, -0.25) is 9.48 Å². The molecule has 0 radical (unpaired) electrons. The monoisotopic (exact) mass is 399 g/mol. The largest absolute Gasteiger partial charge is 0.348 e. The fourth-order valence-electron chi connectivity index (χ4n) is 2.98. The molecule has 3 heterocycles. The molecule has 27 heavy (non-hydrogen) atoms. The second-order valence-corrected chi connectivity index (χ2v) is 8.73. The van der Waals surface area contributed by atoms with Crippen molar-refractivity contribution in [1.82, 2.24) is 34.2 Å². The summed E-state index contributed by atoms with van der Waals surface area (Å²) in [5.41, 5.74) is 0.123. The van der Waals surface area contributed by atoms with Crippen molar-refractivity contribution in [2.75, 3.05) is 6.54 Å². The minimum atomic E-state index is -3.92. The molecular formula is C15H22FN7O3S. The number of aryl methyl sites for hydroxylation is 1. The fourth-order valence-corrected chi connectivity index (χ4v) is 4.60. The van der Waals surface area contributed by atoms with Gasteiger partial charge >= 0.3 is 0 Å². The molecule has 1 N–H and O–H groups in total. The van der Waals surface area contributed by atoms with Crippen LogP contribution in [-0.2, 0) is 23.6 Å². The highest BCUT2D eigenvalue weighted by atomic mass is 32.2. The summed E-state index contributed by atoms with van der Waals surface area (Å²) in [7, 11) is -2.27. The number of rotatable bonds is 6. The highest BCUT2D eigenvalue weighted by Gasteiger charge is 2.41. The predicted molar refractivity (Wildman–Crippen MR) is 93.0 cm³/mol. The highest BCUT2D eigenvalue weighted by molar-refractivity contribution is 7.89. The van der Waals surface area contributed by atoms with Crippen LogP contribution in [0.4, 0.5) is 4.39 Å². The lowest BCUT2D eigenvalue weighted by atomic mass is 10.2. The summed E-state index contributed by atoms with van der Waals surface area (Å²) >= 11 is 0. The van der Waals surface area contributed by atoms with Gasteiger partial charge in [-0.15, -0.1) is 5.10 Å². The van der Waals surface area contributed by atoms with Gasteiger partial charge in [-0.25, -0.2) is 17.8 Å². The Morgan fingerprint density at radius 3 is 2.78 bits per heavy atom. The Bertz CT molecular complexity index is 923. The van der Waals surface area contributed by atoms with E-state index in [0.29, 0.717) is 0 Å². The van der Waals surface area contributed by atoms with Crippen LogP contribution in [-0.4, -0.2) is 68.0 Å². The molecule has 2 aromatic rings. The van der Waals surface area contributed by atoms with E-state index in [9.17, 15) is 17.6 Å². The maximum Gasteiger partial charge on any atom is 0.273 e. The van der Waals surface area contributed by atoms with Gasteiger partial charge in [0.2, 0.25) is 0 Å². The van der Waals surface area contributed by atoms with Gasteiger partial charge in [0.1, 0.15) is 6.17 Å². The summed E-state index contributed by atoms with van der Waals surface area (Å²) in [6.45, 7) is 3.50. The minimum absolute atomic E-state index is 0.0411. The first-order chi connectivity index (χ1) is 12.7. The van der Waals surface area contributed by atoms with Crippen molar-refractivity contribution in [3.05, 3.63) is 24.4 Å². The van der Waals surface area contributed by atoms with Crippen molar-refractivity contribution in [2.24, 2.45) is 7.05 Å². The molecule has 1 saturated heterocycles. The third kappa shape index (κ3) is 4.16. The number of nitrogens with zero attached hydrogens (tertiary/aromatic N) is 6. The van der Waals surface area contributed by atoms with E-state index in [2.05, 4.69) is 20.6 Å². The van der Waals surface area contributed by atoms with Crippen LogP contribution in [0.3, 0.4) is 0 Å². The Morgan fingerprint density at radius 2 is 2.15 bits per heavy atom. The average molecular weight is 399 g/mol. The quantitative estimate of drug-likeness (QED) is 0.728. The molecule has 1 fully saturated rings. The lowest BCUT2D eigenvalue weighted by Crippen LogP contribution is -2.38. The number of carbonyl (C=O) groups excluding carboxylic acids is 1. The standard InChI is InChI=1S/C15H22FN7O3S/c1-10(2)18-15(24)13-7-22(20-19-13)6-12-4-11(16)5-23(12)27(25,26)14-8-21(3)9-17-14/h7-12H,4-6H2,1-3H3,(H,18,24)/t11-,12-/m0/s1. The average Bonchev–Trinajstić information content (AvgIpc) is 3.27. The molecule has 10 nitrogen and oxygen atoms in total. The molecular weight excluding hydrogens is 377 g/mol. The summed E-state index contributed by atoms with van der Waals surface area (Å²) in [5, 5.41) is 10.2. The van der Waals surface area contributed by atoms with Crippen molar-refractivity contribution >= 4 is 15.9 Å². The smallest absolute Gasteiger partial charge is 0.273 e. The van der Waals surface area contributed by atoms with Crippen LogP contribution in [0, 0.1) is 0 Å². The summed E-state index contributed by atoms with van der Waals surface area (Å²) in [5.74, 6) is -0.371. The second-order valence-electron chi connectivity index (χ2n) is 6.89. The van der Waals surface area contributed by atoms with Gasteiger partial charge < -0.3 is 9.88 Å². The Labute approximate surface area is 156 Å². The van der Waals surface area contributed by atoms with Crippen LogP contribution in [0.5, 0.6) is 0 Å². The molecule has 0 aliphatic carbocycles. The van der Waals surface area contributed by atoms with Gasteiger partial charge in [0.05, 0.1) is 19.1 Å². The van der Waals surface area contributed by atoms with Gasteiger partial charge in [0.25, 0.3) is 15.9 Å². The van der Waals surface area contributed by atoms with Gasteiger partial charge in [0, 0.05) is 31.9 Å². The Morgan fingerprint density at radius 1 is 1.41 bits per heavy atom. The molecule has 0 bridgehead atoms. The lowest BCUT2D eigenvalue weighted by Gasteiger charge is -2.22. The van der Waals surface area contributed by atoms with Crippen molar-refractivity contribution < 1.29 is 17.6 Å². The molecule has 0 unspecified atom stereocenters. The van der Waals surface area contributed by atoms with Crippen molar-refractivity contribution in [3.63, 3.8) is 0 Å². The topological polar surface area (TPSA) is 115 Å². The van der Waals surface area contributed by atoms with Crippen LogP contribution in [0.1, 0.15) is 30.8 Å². The maximum absolute atomic E-state index is 14.0. The summed E-state index contributed by atoms with van der Waals surface area (Å²) in [6, 6.07) is -0.696. The number of aromatic nitrogens is 5. The molecule has 1 aliphatic rings. The lowest BCUT2D eigenvalue weighted by molar-refractivity contribution is 0.0938. The van der Waals surface area contributed by atoms with E-state index in [4.69, 9.17) is 0 Å². The zero-order valence-electron chi connectivity index (χ0n) is 15.3. The number of halogens is 1. The van der Waals surface area contributed by atoms with E-state index in [1.165, 1.54) is 28.0 Å². The number of imidazole rings is 1. The molecule has 148 valence electrons. The van der Waals surface area contributed by atoms with Crippen molar-refractivity contribution in [1.29, 1.82) is 0 Å². The number of nitrogens with one attached hydrogen (secondary N) is 1. The van der Waals surface area contributed by atoms with Gasteiger partial charge in [-0.2, -0.15) is 4.31 Å². The number of sulfonamides is 1. The van der Waals surface area contributed by atoms with Gasteiger partial charge in [-0.05, 0) is 20.3 Å². The van der Waals surface area contributed by atoms with Crippen LogP contribution in [0.2, 0.25) is 0 Å². The van der Waals surface area contributed by atoms with Gasteiger partial charge in [-0.1, -0.05) is 5.21 Å². The highest BCUT2D eigenvalue weighted by Crippen LogP contribution is 2.28. The molecule has 0 aromatic carbocycles. The van der Waals surface area contributed by atoms with E-state index in [1.54, 1.807) is 7.05 Å². The minimum Gasteiger partial charge on any atom is -0.348 e. The van der Waals surface area contributed by atoms with E-state index in [-0.39, 0.29) is 42.2 Å². The molecule has 2 atom stereocenters. The first-order valence-corrected chi connectivity index (χ1v) is 9.95. The summed E-state index contributed by atoms with van der Waals surface area (Å²) < 4.78 is 43.6. The number of carbonyl (C=O) groups is 1. The molecule has 1 amide bonds. The van der Waals surface area contributed by atoms with Gasteiger partial charge in [0.15, 0.2) is 10.7 Å². The third-order valence-electron chi connectivity index (χ3n) is 4.16. The van der Waals surface area contributed by atoms with Crippen LogP contribution in [0.15, 0.2) is 23.7 Å². The molecule has 3 rings (SSSR count). The normalized spacial score (nSPS) is 21.1. The fraction of sp³-hybridized carbons (Fsp3) is 0.600. The maximum atomic E-state index is 14.0. The number of hydrogen-bond acceptors (Lipinski definition) is 6. The Balaban J connectivity index is 1.77. The zero-order valence-corrected chi connectivity index (χ0v) is 16.1. The van der Waals surface area contributed by atoms with Crippen molar-refractivity contribution in [2.45, 2.75) is 50.1 Å². The molecule has 1 aliphatic heterocycles. The van der Waals surface area contributed by atoms with Crippen molar-refractivity contribution in [3.8, 4) is 0 Å². The predicted octanol–water partition coefficient (Wildman–Crippen LogP) is -0.0489. The second kappa shape index (κ2) is 7.35. The molecule has 0 spiro atoms. The van der Waals surface area contributed by atoms with E-state index in [0.717, 1.165) is 4.31 Å². The number of alkyl halides is 1. The Kier molecular flexibility index (Phi) is 5.29. The third-order valence-corrected chi connectivity index (χ3v) is 5.96. The SMILES string of the molecule is CC(C)NC(=O)c1cn(C[C@@H]2C[C@H](F)CN2S(=O)(=O)c2cn(C)cn2)nn1. The zero-order chi connectivity index (χ0) is 19.8. The summed E-state index contributed by atoms with van der Waals surface area (Å²) in [6.07, 6.45) is 2.94. The van der Waals surface area contributed by atoms with Crippen LogP contribution in [0.25, 0.3) is 0 Å². The van der Waals surface area contributed by atoms with Crippen LogP contribution < -0.4 is 5.32 Å². The van der Waals surface area contributed by atoms with Crippen LogP contribution >= 0.6 is 0 Å². The number of hydrogen-bond donors (Lipinski definition) is 1. The molecule has 0 saturated carbocycles. The molecule has 2 aromatic heterocycles. The van der Waals surface area contributed by atoms with E-state index >= 15 is 0 Å².